The highest BCUT2D eigenvalue weighted by atomic mass is 19.1. The first kappa shape index (κ1) is 16.6. The van der Waals surface area contributed by atoms with E-state index in [1.165, 1.54) is 12.1 Å². The number of nitrogens with one attached hydrogen (secondary N) is 1. The van der Waals surface area contributed by atoms with E-state index >= 15 is 0 Å². The minimum atomic E-state index is -0.867. The Hall–Kier alpha value is -1.42. The molecule has 0 aliphatic rings. The molecule has 0 radical (unpaired) electrons. The quantitative estimate of drug-likeness (QED) is 0.842. The molecule has 0 aromatic heterocycles. The Kier molecular flexibility index (Phi) is 5.28. The topological polar surface area (TPSA) is 49.3 Å². The van der Waals surface area contributed by atoms with E-state index in [-0.39, 0.29) is 18.3 Å². The van der Waals surface area contributed by atoms with Crippen LogP contribution < -0.4 is 5.32 Å². The lowest BCUT2D eigenvalue weighted by atomic mass is 9.83. The van der Waals surface area contributed by atoms with Gasteiger partial charge in [0.25, 0.3) is 0 Å². The van der Waals surface area contributed by atoms with Crippen LogP contribution in [0.2, 0.25) is 0 Å². The molecule has 0 saturated heterocycles. The highest BCUT2D eigenvalue weighted by Gasteiger charge is 2.32. The summed E-state index contributed by atoms with van der Waals surface area (Å²) in [6, 6.07) is 5.92. The lowest BCUT2D eigenvalue weighted by Crippen LogP contribution is -2.47. The first-order valence-electron chi connectivity index (χ1n) is 7.02. The average molecular weight is 281 g/mol. The Bertz CT molecular complexity index is 450. The summed E-state index contributed by atoms with van der Waals surface area (Å²) in [4.78, 5) is 12.3. The van der Waals surface area contributed by atoms with Crippen LogP contribution in [0.5, 0.6) is 0 Å². The number of carbonyl (C=O) groups excluding carboxylic acids is 1. The zero-order chi connectivity index (χ0) is 15.4. The number of amides is 1. The summed E-state index contributed by atoms with van der Waals surface area (Å²) in [6.07, 6.45) is 1.17. The van der Waals surface area contributed by atoms with Crippen LogP contribution in [0.1, 0.15) is 46.1 Å². The van der Waals surface area contributed by atoms with Crippen LogP contribution in [0.25, 0.3) is 0 Å². The first-order chi connectivity index (χ1) is 9.25. The predicted molar refractivity (Wildman–Crippen MR) is 78.0 cm³/mol. The van der Waals surface area contributed by atoms with Crippen molar-refractivity contribution in [3.63, 3.8) is 0 Å². The van der Waals surface area contributed by atoms with Gasteiger partial charge in [-0.15, -0.1) is 0 Å². The van der Waals surface area contributed by atoms with E-state index in [2.05, 4.69) is 5.32 Å². The van der Waals surface area contributed by atoms with Crippen molar-refractivity contribution in [2.75, 3.05) is 6.54 Å². The molecule has 0 aliphatic heterocycles. The molecule has 0 spiro atoms. The fraction of sp³-hybridized carbons (Fsp3) is 0.562. The zero-order valence-corrected chi connectivity index (χ0v) is 12.7. The maximum Gasteiger partial charge on any atom is 0.230 e. The lowest BCUT2D eigenvalue weighted by molar-refractivity contribution is -0.127. The minimum absolute atomic E-state index is 0.176. The van der Waals surface area contributed by atoms with Crippen molar-refractivity contribution in [3.8, 4) is 0 Å². The van der Waals surface area contributed by atoms with Crippen molar-refractivity contribution in [1.29, 1.82) is 0 Å². The minimum Gasteiger partial charge on any atom is -0.388 e. The van der Waals surface area contributed by atoms with Gasteiger partial charge in [-0.05, 0) is 44.4 Å². The summed E-state index contributed by atoms with van der Waals surface area (Å²) in [5, 5.41) is 13.0. The van der Waals surface area contributed by atoms with Gasteiger partial charge in [-0.1, -0.05) is 26.0 Å². The van der Waals surface area contributed by atoms with Gasteiger partial charge in [0, 0.05) is 6.54 Å². The lowest BCUT2D eigenvalue weighted by Gasteiger charge is -2.29. The summed E-state index contributed by atoms with van der Waals surface area (Å²) in [6.45, 7) is 7.57. The first-order valence-corrected chi connectivity index (χ1v) is 7.02. The second kappa shape index (κ2) is 6.35. The third-order valence-corrected chi connectivity index (χ3v) is 4.03. The molecule has 0 unspecified atom stereocenters. The zero-order valence-electron chi connectivity index (χ0n) is 12.7. The molecule has 2 N–H and O–H groups in total. The van der Waals surface area contributed by atoms with Crippen LogP contribution in [0.4, 0.5) is 4.39 Å². The predicted octanol–water partition coefficient (Wildman–Crippen LogP) is 2.77. The smallest absolute Gasteiger partial charge is 0.230 e. The summed E-state index contributed by atoms with van der Waals surface area (Å²) >= 11 is 0. The Labute approximate surface area is 120 Å². The van der Waals surface area contributed by atoms with E-state index in [0.29, 0.717) is 12.8 Å². The molecule has 3 nitrogen and oxygen atoms in total. The third-order valence-electron chi connectivity index (χ3n) is 4.03. The molecule has 0 atom stereocenters. The molecule has 1 aromatic carbocycles. The number of carbonyl (C=O) groups is 1. The largest absolute Gasteiger partial charge is 0.388 e. The maximum absolute atomic E-state index is 12.9. The maximum atomic E-state index is 12.9. The molecule has 4 heteroatoms. The van der Waals surface area contributed by atoms with Gasteiger partial charge in [-0.3, -0.25) is 4.79 Å². The Morgan fingerprint density at radius 2 is 1.70 bits per heavy atom. The Morgan fingerprint density at radius 1 is 1.20 bits per heavy atom. The molecule has 0 fully saturated rings. The molecule has 0 saturated carbocycles. The molecule has 0 bridgehead atoms. The molecular weight excluding hydrogens is 257 g/mol. The third kappa shape index (κ3) is 3.79. The molecule has 1 aromatic rings. The van der Waals surface area contributed by atoms with Crippen LogP contribution in [0, 0.1) is 5.82 Å². The number of hydrogen-bond acceptors (Lipinski definition) is 2. The van der Waals surface area contributed by atoms with Crippen molar-refractivity contribution < 1.29 is 14.3 Å². The van der Waals surface area contributed by atoms with Gasteiger partial charge >= 0.3 is 0 Å². The van der Waals surface area contributed by atoms with Crippen LogP contribution in [-0.2, 0) is 10.2 Å². The van der Waals surface area contributed by atoms with E-state index in [1.807, 2.05) is 13.8 Å². The van der Waals surface area contributed by atoms with E-state index in [4.69, 9.17) is 0 Å². The van der Waals surface area contributed by atoms with E-state index in [1.54, 1.807) is 26.0 Å². The van der Waals surface area contributed by atoms with Gasteiger partial charge < -0.3 is 10.4 Å². The monoisotopic (exact) mass is 281 g/mol. The van der Waals surface area contributed by atoms with E-state index < -0.39 is 11.0 Å². The van der Waals surface area contributed by atoms with E-state index in [9.17, 15) is 14.3 Å². The van der Waals surface area contributed by atoms with Crippen molar-refractivity contribution in [1.82, 2.24) is 5.32 Å². The highest BCUT2D eigenvalue weighted by molar-refractivity contribution is 5.87. The second-order valence-electron chi connectivity index (χ2n) is 5.75. The van der Waals surface area contributed by atoms with Crippen molar-refractivity contribution in [2.45, 2.75) is 51.6 Å². The van der Waals surface area contributed by atoms with E-state index in [0.717, 1.165) is 5.56 Å². The average Bonchev–Trinajstić information content (AvgIpc) is 2.44. The van der Waals surface area contributed by atoms with Crippen molar-refractivity contribution >= 4 is 5.91 Å². The summed E-state index contributed by atoms with van der Waals surface area (Å²) in [7, 11) is 0. The molecular formula is C16H24FNO2. The molecule has 20 heavy (non-hydrogen) atoms. The van der Waals surface area contributed by atoms with Crippen LogP contribution >= 0.6 is 0 Å². The van der Waals surface area contributed by atoms with Crippen molar-refractivity contribution in [3.05, 3.63) is 35.6 Å². The van der Waals surface area contributed by atoms with Gasteiger partial charge in [0.2, 0.25) is 5.91 Å². The van der Waals surface area contributed by atoms with Crippen LogP contribution in [0.15, 0.2) is 24.3 Å². The number of halogens is 1. The molecule has 0 aliphatic carbocycles. The van der Waals surface area contributed by atoms with Crippen LogP contribution in [0.3, 0.4) is 0 Å². The normalized spacial score (nSPS) is 12.3. The summed E-state index contributed by atoms with van der Waals surface area (Å²) in [5.41, 5.74) is -0.891. The number of aliphatic hydroxyl groups is 1. The highest BCUT2D eigenvalue weighted by Crippen LogP contribution is 2.24. The molecule has 112 valence electrons. The molecule has 1 amide bonds. The van der Waals surface area contributed by atoms with Gasteiger partial charge in [-0.25, -0.2) is 4.39 Å². The fourth-order valence-corrected chi connectivity index (χ4v) is 1.96. The van der Waals surface area contributed by atoms with Gasteiger partial charge in [-0.2, -0.15) is 0 Å². The molecule has 1 rings (SSSR count). The Morgan fingerprint density at radius 3 is 2.15 bits per heavy atom. The van der Waals surface area contributed by atoms with Gasteiger partial charge in [0.05, 0.1) is 11.0 Å². The molecule has 0 heterocycles. The SMILES string of the molecule is CCC(O)(CC)CNC(=O)C(C)(C)c1ccc(F)cc1. The summed E-state index contributed by atoms with van der Waals surface area (Å²) < 4.78 is 12.9. The second-order valence-corrected chi connectivity index (χ2v) is 5.75. The van der Waals surface area contributed by atoms with Crippen molar-refractivity contribution in [2.24, 2.45) is 0 Å². The number of benzene rings is 1. The number of rotatable bonds is 6. The standard InChI is InChI=1S/C16H24FNO2/c1-5-16(20,6-2)11-18-14(19)15(3,4)12-7-9-13(17)10-8-12/h7-10,20H,5-6,11H2,1-4H3,(H,18,19). The number of hydrogen-bond donors (Lipinski definition) is 2. The fourth-order valence-electron chi connectivity index (χ4n) is 1.96. The van der Waals surface area contributed by atoms with Gasteiger partial charge in [0.1, 0.15) is 5.82 Å². The Balaban J connectivity index is 2.77. The summed E-state index contributed by atoms with van der Waals surface area (Å²) in [5.74, 6) is -0.499. The van der Waals surface area contributed by atoms with Crippen LogP contribution in [-0.4, -0.2) is 23.2 Å². The van der Waals surface area contributed by atoms with Gasteiger partial charge in [0.15, 0.2) is 0 Å².